The van der Waals surface area contributed by atoms with Crippen LogP contribution in [-0.4, -0.2) is 9.13 Å². The molecule has 4 heterocycles. The average molecular weight is 757 g/mol. The highest BCUT2D eigenvalue weighted by Crippen LogP contribution is 2.45. The highest BCUT2D eigenvalue weighted by atomic mass is 32.1. The van der Waals surface area contributed by atoms with Gasteiger partial charge >= 0.3 is 0 Å². The molecule has 9 aromatic carbocycles. The van der Waals surface area contributed by atoms with Crippen molar-refractivity contribution in [3.8, 4) is 33.6 Å². The van der Waals surface area contributed by atoms with Crippen LogP contribution in [0, 0.1) is 0 Å². The van der Waals surface area contributed by atoms with Gasteiger partial charge in [0.25, 0.3) is 0 Å². The second kappa shape index (κ2) is 12.1. The fraction of sp³-hybridized carbons (Fsp3) is 0. The Hall–Kier alpha value is -7.40. The van der Waals surface area contributed by atoms with Gasteiger partial charge < -0.3 is 13.6 Å². The van der Waals surface area contributed by atoms with Crippen LogP contribution >= 0.6 is 11.3 Å². The minimum absolute atomic E-state index is 0.890. The summed E-state index contributed by atoms with van der Waals surface area (Å²) in [5.74, 6) is 0. The molecule has 0 fully saturated rings. The lowest BCUT2D eigenvalue weighted by atomic mass is 9.96. The predicted octanol–water partition coefficient (Wildman–Crippen LogP) is 15.5. The monoisotopic (exact) mass is 756 g/mol. The quantitative estimate of drug-likeness (QED) is 0.175. The van der Waals surface area contributed by atoms with Gasteiger partial charge in [-0.1, -0.05) is 103 Å². The first-order valence-electron chi connectivity index (χ1n) is 19.8. The van der Waals surface area contributed by atoms with E-state index in [1.807, 2.05) is 11.3 Å². The number of para-hydroxylation sites is 3. The molecule has 0 spiro atoms. The maximum absolute atomic E-state index is 6.58. The van der Waals surface area contributed by atoms with E-state index in [4.69, 9.17) is 4.42 Å². The third kappa shape index (κ3) is 4.49. The van der Waals surface area contributed by atoms with E-state index in [0.29, 0.717) is 0 Å². The molecule has 4 heteroatoms. The second-order valence-corrected chi connectivity index (χ2v) is 16.3. The number of thiophene rings is 1. The zero-order valence-corrected chi connectivity index (χ0v) is 32.0. The minimum Gasteiger partial charge on any atom is -0.456 e. The smallest absolute Gasteiger partial charge is 0.136 e. The van der Waals surface area contributed by atoms with Gasteiger partial charge in [0.1, 0.15) is 11.2 Å². The molecule has 0 aliphatic carbocycles. The first-order chi connectivity index (χ1) is 28.8. The Labute approximate surface area is 336 Å². The van der Waals surface area contributed by atoms with Crippen LogP contribution in [0.3, 0.4) is 0 Å². The number of hydrogen-bond acceptors (Lipinski definition) is 2. The van der Waals surface area contributed by atoms with Crippen LogP contribution in [0.2, 0.25) is 0 Å². The third-order valence-corrected chi connectivity index (χ3v) is 13.2. The molecule has 58 heavy (non-hydrogen) atoms. The number of furan rings is 1. The van der Waals surface area contributed by atoms with Crippen molar-refractivity contribution in [1.29, 1.82) is 0 Å². The summed E-state index contributed by atoms with van der Waals surface area (Å²) >= 11 is 1.87. The Morgan fingerprint density at radius 2 is 0.931 bits per heavy atom. The molecule has 0 amide bonds. The highest BCUT2D eigenvalue weighted by Gasteiger charge is 2.20. The Balaban J connectivity index is 1.02. The standard InChI is InChI=1S/C54H32N2OS/c1-3-12-36(13-4-1)55-44-19-9-7-16-39(44)41-32-35(23-26-45(41)55)38-18-11-20-49-52(38)43-31-34(24-28-48(43)57-49)33-22-25-46-42(30-33)53-47(56(46)37-14-5-2-6-15-37)27-29-51-54(53)40-17-8-10-21-50(40)58-51/h1-32H. The Morgan fingerprint density at radius 1 is 0.328 bits per heavy atom. The number of nitrogens with zero attached hydrogens (tertiary/aromatic N) is 2. The van der Waals surface area contributed by atoms with Crippen molar-refractivity contribution in [1.82, 2.24) is 9.13 Å². The summed E-state index contributed by atoms with van der Waals surface area (Å²) in [7, 11) is 0. The lowest BCUT2D eigenvalue weighted by molar-refractivity contribution is 0.669. The van der Waals surface area contributed by atoms with Crippen molar-refractivity contribution < 1.29 is 4.42 Å². The number of rotatable bonds is 4. The van der Waals surface area contributed by atoms with E-state index in [9.17, 15) is 0 Å². The third-order valence-electron chi connectivity index (χ3n) is 12.1. The van der Waals surface area contributed by atoms with Crippen LogP contribution in [0.25, 0.3) is 119 Å². The van der Waals surface area contributed by atoms with Gasteiger partial charge in [-0.05, 0) is 113 Å². The number of aromatic nitrogens is 2. The average Bonchev–Trinajstić information content (AvgIpc) is 4.03. The van der Waals surface area contributed by atoms with Crippen LogP contribution in [0.4, 0.5) is 0 Å². The first-order valence-corrected chi connectivity index (χ1v) is 20.6. The van der Waals surface area contributed by atoms with Crippen molar-refractivity contribution in [2.24, 2.45) is 0 Å². The van der Waals surface area contributed by atoms with Crippen molar-refractivity contribution in [3.05, 3.63) is 194 Å². The minimum atomic E-state index is 0.890. The van der Waals surface area contributed by atoms with E-state index in [1.54, 1.807) is 0 Å². The van der Waals surface area contributed by atoms with E-state index in [1.165, 1.54) is 80.5 Å². The summed E-state index contributed by atoms with van der Waals surface area (Å²) in [6.45, 7) is 0. The van der Waals surface area contributed by atoms with E-state index in [-0.39, 0.29) is 0 Å². The molecule has 13 rings (SSSR count). The fourth-order valence-electron chi connectivity index (χ4n) is 9.60. The molecule has 0 aliphatic rings. The molecular weight excluding hydrogens is 725 g/mol. The van der Waals surface area contributed by atoms with Crippen LogP contribution in [0.1, 0.15) is 0 Å². The molecule has 0 atom stereocenters. The zero-order valence-electron chi connectivity index (χ0n) is 31.2. The van der Waals surface area contributed by atoms with Gasteiger partial charge in [0.2, 0.25) is 0 Å². The van der Waals surface area contributed by atoms with Crippen LogP contribution < -0.4 is 0 Å². The van der Waals surface area contributed by atoms with Gasteiger partial charge in [0.05, 0.1) is 22.1 Å². The summed E-state index contributed by atoms with van der Waals surface area (Å²) in [6.07, 6.45) is 0. The van der Waals surface area contributed by atoms with Gasteiger partial charge in [-0.25, -0.2) is 0 Å². The van der Waals surface area contributed by atoms with Crippen molar-refractivity contribution in [3.63, 3.8) is 0 Å². The maximum Gasteiger partial charge on any atom is 0.136 e. The number of fused-ring (bicyclic) bond motifs is 13. The van der Waals surface area contributed by atoms with E-state index < -0.39 is 0 Å². The van der Waals surface area contributed by atoms with Gasteiger partial charge in [0, 0.05) is 63.9 Å². The van der Waals surface area contributed by atoms with Gasteiger partial charge in [-0.3, -0.25) is 0 Å². The Morgan fingerprint density at radius 3 is 1.74 bits per heavy atom. The van der Waals surface area contributed by atoms with E-state index in [2.05, 4.69) is 203 Å². The Bertz CT molecular complexity index is 3790. The summed E-state index contributed by atoms with van der Waals surface area (Å²) < 4.78 is 14.0. The molecule has 4 aromatic heterocycles. The van der Waals surface area contributed by atoms with Crippen molar-refractivity contribution in [2.45, 2.75) is 0 Å². The molecule has 0 bridgehead atoms. The second-order valence-electron chi connectivity index (χ2n) is 15.2. The Kier molecular flexibility index (Phi) is 6.60. The van der Waals surface area contributed by atoms with Gasteiger partial charge in [0.15, 0.2) is 0 Å². The largest absolute Gasteiger partial charge is 0.456 e. The molecular formula is C54H32N2OS. The summed E-state index contributed by atoms with van der Waals surface area (Å²) in [5.41, 5.74) is 13.6. The SMILES string of the molecule is c1ccc(-n2c3ccccc3c3cc(-c4cccc5oc6ccc(-c7ccc8c(c7)c7c9c(ccc7n8-c7ccccc7)sc7ccccc79)cc6c45)ccc32)cc1. The van der Waals surface area contributed by atoms with E-state index in [0.717, 1.165) is 38.9 Å². The summed E-state index contributed by atoms with van der Waals surface area (Å²) in [4.78, 5) is 0. The molecule has 0 aliphatic heterocycles. The van der Waals surface area contributed by atoms with E-state index >= 15 is 0 Å². The molecule has 3 nitrogen and oxygen atoms in total. The van der Waals surface area contributed by atoms with Crippen LogP contribution in [-0.2, 0) is 0 Å². The molecule has 0 saturated heterocycles. The topological polar surface area (TPSA) is 23.0 Å². The molecule has 0 radical (unpaired) electrons. The van der Waals surface area contributed by atoms with Crippen molar-refractivity contribution >= 4 is 97.1 Å². The molecule has 270 valence electrons. The normalized spacial score (nSPS) is 12.1. The highest BCUT2D eigenvalue weighted by molar-refractivity contribution is 7.26. The lowest BCUT2D eigenvalue weighted by Crippen LogP contribution is -1.92. The molecule has 0 N–H and O–H groups in total. The zero-order chi connectivity index (χ0) is 37.9. The molecule has 13 aromatic rings. The summed E-state index contributed by atoms with van der Waals surface area (Å²) in [6, 6.07) is 70.6. The van der Waals surface area contributed by atoms with Crippen LogP contribution in [0.15, 0.2) is 199 Å². The number of benzene rings is 9. The number of hydrogen-bond donors (Lipinski definition) is 0. The summed E-state index contributed by atoms with van der Waals surface area (Å²) in [5, 5.41) is 9.94. The van der Waals surface area contributed by atoms with Crippen LogP contribution in [0.5, 0.6) is 0 Å². The fourth-order valence-corrected chi connectivity index (χ4v) is 10.7. The first kappa shape index (κ1) is 31.8. The van der Waals surface area contributed by atoms with Gasteiger partial charge in [-0.2, -0.15) is 0 Å². The molecule has 0 unspecified atom stereocenters. The lowest BCUT2D eigenvalue weighted by Gasteiger charge is -2.09. The maximum atomic E-state index is 6.58. The predicted molar refractivity (Wildman–Crippen MR) is 246 cm³/mol. The van der Waals surface area contributed by atoms with Crippen molar-refractivity contribution in [2.75, 3.05) is 0 Å². The molecule has 0 saturated carbocycles. The van der Waals surface area contributed by atoms with Gasteiger partial charge in [-0.15, -0.1) is 11.3 Å².